The molecule has 3 aromatic rings. The second-order valence-electron chi connectivity index (χ2n) is 12.4. The van der Waals surface area contributed by atoms with E-state index in [1.165, 1.54) is 0 Å². The van der Waals surface area contributed by atoms with Gasteiger partial charge in [0.05, 0.1) is 64.0 Å². The van der Waals surface area contributed by atoms with Crippen molar-refractivity contribution in [2.45, 2.75) is 53.5 Å². The number of aryl methyl sites for hydroxylation is 3. The quantitative estimate of drug-likeness (QED) is 0.102. The normalized spacial score (nSPS) is 14.7. The molecule has 0 saturated heterocycles. The first kappa shape index (κ1) is 50.1. The van der Waals surface area contributed by atoms with Crippen LogP contribution in [0.25, 0.3) is 0 Å². The topological polar surface area (TPSA) is 83.1 Å². The van der Waals surface area contributed by atoms with Gasteiger partial charge < -0.3 is 79.9 Å². The average Bonchev–Trinajstić information content (AvgIpc) is 3.29. The average molecular weight is 846 g/mol. The second-order valence-corrected chi connectivity index (χ2v) is 16.5. The summed E-state index contributed by atoms with van der Waals surface area (Å²) in [6.45, 7) is 14.7. The zero-order chi connectivity index (χ0) is 36.6. The Bertz CT molecular complexity index is 1680. The molecule has 0 bridgehead atoms. The number of methoxy groups -OCH3 is 9. The summed E-state index contributed by atoms with van der Waals surface area (Å²) in [6, 6.07) is 6.44. The summed E-state index contributed by atoms with van der Waals surface area (Å²) in [6.07, 6.45) is 4.00. The van der Waals surface area contributed by atoms with Crippen LogP contribution in [-0.4, -0.2) is 72.1 Å². The van der Waals surface area contributed by atoms with Gasteiger partial charge in [0.15, 0.2) is 42.6 Å². The molecule has 4 rings (SSSR count). The summed E-state index contributed by atoms with van der Waals surface area (Å²) < 4.78 is 55.3. The first-order chi connectivity index (χ1) is 23.3. The van der Waals surface area contributed by atoms with E-state index < -0.39 is 13.1 Å². The Balaban J connectivity index is 0.00000676. The summed E-state index contributed by atoms with van der Waals surface area (Å²) in [5, 5.41) is 1.88. The first-order valence-corrected chi connectivity index (χ1v) is 18.0. The zero-order valence-electron chi connectivity index (χ0n) is 33.5. The van der Waals surface area contributed by atoms with Crippen LogP contribution in [0.1, 0.15) is 44.4 Å². The smallest absolute Gasteiger partial charge is 1.00 e. The predicted molar refractivity (Wildman–Crippen MR) is 196 cm³/mol. The van der Waals surface area contributed by atoms with Crippen LogP contribution in [0.4, 0.5) is 0 Å². The minimum absolute atomic E-state index is 0. The van der Waals surface area contributed by atoms with Crippen molar-refractivity contribution in [3.8, 4) is 51.7 Å². The van der Waals surface area contributed by atoms with Crippen molar-refractivity contribution < 1.29 is 102 Å². The van der Waals surface area contributed by atoms with Crippen molar-refractivity contribution >= 4 is 23.6 Å². The molecule has 0 N–H and O–H groups in total. The molecule has 1 aliphatic rings. The van der Waals surface area contributed by atoms with Gasteiger partial charge >= 0.3 is 21.7 Å². The van der Waals surface area contributed by atoms with Crippen molar-refractivity contribution in [3.05, 3.63) is 57.7 Å². The molecule has 0 amide bonds. The maximum Gasteiger partial charge on any atom is 4.00 e. The molecule has 0 radical (unpaired) electrons. The third kappa shape index (κ3) is 7.44. The van der Waals surface area contributed by atoms with E-state index in [1.54, 1.807) is 64.0 Å². The van der Waals surface area contributed by atoms with Gasteiger partial charge in [-0.1, -0.05) is 44.0 Å². The molecule has 0 aromatic heterocycles. The van der Waals surface area contributed by atoms with Gasteiger partial charge in [0.1, 0.15) is 0 Å². The fraction of sp³-hybridized carbons (Fsp3) is 0.436. The van der Waals surface area contributed by atoms with Gasteiger partial charge in [-0.25, -0.2) is 5.57 Å². The Kier molecular flexibility index (Phi) is 18.6. The number of halogens is 3. The van der Waals surface area contributed by atoms with Gasteiger partial charge in [-0.2, -0.15) is 11.1 Å². The Morgan fingerprint density at radius 1 is 0.434 bits per heavy atom. The van der Waals surface area contributed by atoms with Crippen molar-refractivity contribution in [2.24, 2.45) is 0 Å². The van der Waals surface area contributed by atoms with Crippen LogP contribution in [0.15, 0.2) is 34.9 Å². The number of hydrogen-bond donors (Lipinski definition) is 0. The Morgan fingerprint density at radius 3 is 0.868 bits per heavy atom. The van der Waals surface area contributed by atoms with Crippen molar-refractivity contribution in [2.75, 3.05) is 64.0 Å². The van der Waals surface area contributed by atoms with E-state index in [-0.39, 0.29) is 58.9 Å². The molecule has 1 aliphatic carbocycles. The minimum atomic E-state index is -3.77. The summed E-state index contributed by atoms with van der Waals surface area (Å²) in [5.41, 5.74) is 5.94. The van der Waals surface area contributed by atoms with E-state index in [1.807, 2.05) is 20.8 Å². The first-order valence-electron chi connectivity index (χ1n) is 16.0. The number of ether oxygens (including phenoxy) is 9. The monoisotopic (exact) mass is 844 g/mol. The van der Waals surface area contributed by atoms with Crippen LogP contribution in [0.5, 0.6) is 51.7 Å². The van der Waals surface area contributed by atoms with Gasteiger partial charge in [0.25, 0.3) is 0 Å². The minimum Gasteiger partial charge on any atom is -1.00 e. The largest absolute Gasteiger partial charge is 4.00 e. The predicted octanol–water partition coefficient (Wildman–Crippen LogP) is -2.97. The SMILES string of the molecule is COc1c(C)cc([Si](c2cc(C)c(OC)c(OC)c2OC)(c2cc(C)c(OC)c(OC)c2OC)C2(C)[C-]=C(C)C(C)=C2C)c(OC)c1OC.[Cl-].[Cl-].[Cl-].[Ti+4]. The summed E-state index contributed by atoms with van der Waals surface area (Å²) in [7, 11) is 10.9. The van der Waals surface area contributed by atoms with Crippen LogP contribution < -0.4 is 95.4 Å². The summed E-state index contributed by atoms with van der Waals surface area (Å²) >= 11 is 0. The molecule has 0 spiro atoms. The Morgan fingerprint density at radius 2 is 0.679 bits per heavy atom. The molecule has 0 heterocycles. The fourth-order valence-electron chi connectivity index (χ4n) is 7.85. The molecular formula is C39H51Cl3O9SiTi. The molecular weight excluding hydrogens is 795 g/mol. The molecule has 290 valence electrons. The number of hydrogen-bond acceptors (Lipinski definition) is 9. The van der Waals surface area contributed by atoms with Crippen LogP contribution in [0.2, 0.25) is 5.04 Å². The molecule has 9 nitrogen and oxygen atoms in total. The van der Waals surface area contributed by atoms with E-state index >= 15 is 0 Å². The third-order valence-corrected chi connectivity index (χ3v) is 15.8. The van der Waals surface area contributed by atoms with Gasteiger partial charge in [-0.05, 0) is 53.0 Å². The van der Waals surface area contributed by atoms with Crippen molar-refractivity contribution in [3.63, 3.8) is 0 Å². The number of allylic oxidation sites excluding steroid dienone is 4. The van der Waals surface area contributed by atoms with Crippen LogP contribution in [0, 0.1) is 26.8 Å². The van der Waals surface area contributed by atoms with Crippen LogP contribution in [-0.2, 0) is 21.7 Å². The molecule has 1 atom stereocenters. The summed E-state index contributed by atoms with van der Waals surface area (Å²) in [5.74, 6) is 4.74. The van der Waals surface area contributed by atoms with Gasteiger partial charge in [-0.3, -0.25) is 6.08 Å². The molecule has 0 aliphatic heterocycles. The van der Waals surface area contributed by atoms with E-state index in [2.05, 4.69) is 52.0 Å². The van der Waals surface area contributed by atoms with E-state index in [9.17, 15) is 0 Å². The van der Waals surface area contributed by atoms with Gasteiger partial charge in [0.2, 0.25) is 17.2 Å². The summed E-state index contributed by atoms with van der Waals surface area (Å²) in [4.78, 5) is 0. The maximum atomic E-state index is 6.40. The van der Waals surface area contributed by atoms with Crippen molar-refractivity contribution in [1.29, 1.82) is 0 Å². The van der Waals surface area contributed by atoms with E-state index in [0.717, 1.165) is 49.0 Å². The molecule has 3 aromatic carbocycles. The molecule has 1 unspecified atom stereocenters. The third-order valence-electron chi connectivity index (χ3n) is 10.2. The zero-order valence-corrected chi connectivity index (χ0v) is 38.4. The fourth-order valence-corrected chi connectivity index (χ4v) is 14.4. The van der Waals surface area contributed by atoms with E-state index in [4.69, 9.17) is 42.6 Å². The Labute approximate surface area is 350 Å². The molecule has 0 saturated carbocycles. The molecule has 14 heteroatoms. The molecule has 0 fully saturated rings. The van der Waals surface area contributed by atoms with Gasteiger partial charge in [-0.15, -0.1) is 6.92 Å². The van der Waals surface area contributed by atoms with Crippen LogP contribution in [0.3, 0.4) is 0 Å². The number of benzene rings is 3. The standard InChI is InChI=1S/C39H51O9Si.3ClH.Ti/c1-21-17-27(33(43-11)36(46-14)30(21)40-8)49(39(7)20-24(4)25(5)26(39)6,28-18-22(2)31(41-9)37(47-15)34(28)44-12)29-19-23(3)32(42-10)38(48-16)35(29)45-13;;;;/h17-19H,1-16H3;3*1H;/q-1;;;;+4/p-3. The molecule has 53 heavy (non-hydrogen) atoms. The Hall–Kier alpha value is -2.86. The van der Waals surface area contributed by atoms with Crippen LogP contribution >= 0.6 is 0 Å². The maximum absolute atomic E-state index is 6.40. The van der Waals surface area contributed by atoms with Gasteiger partial charge in [0, 0.05) is 0 Å². The van der Waals surface area contributed by atoms with Crippen molar-refractivity contribution in [1.82, 2.24) is 0 Å². The second kappa shape index (κ2) is 19.6. The number of rotatable bonds is 13. The van der Waals surface area contributed by atoms with E-state index in [0.29, 0.717) is 51.7 Å².